The average molecular weight is 611 g/mol. The summed E-state index contributed by atoms with van der Waals surface area (Å²) in [6.45, 7) is 2.82. The predicted octanol–water partition coefficient (Wildman–Crippen LogP) is 6.48. The van der Waals surface area contributed by atoms with E-state index in [1.54, 1.807) is 55.5 Å². The maximum atomic E-state index is 16.0. The van der Waals surface area contributed by atoms with Crippen LogP contribution in [0.25, 0.3) is 22.2 Å². The summed E-state index contributed by atoms with van der Waals surface area (Å²) in [4.78, 5) is 20.7. The Hall–Kier alpha value is -4.98. The van der Waals surface area contributed by atoms with Gasteiger partial charge in [-0.05, 0) is 60.5 Å². The highest BCUT2D eigenvalue weighted by Crippen LogP contribution is 2.49. The Kier molecular flexibility index (Phi) is 6.72. The molecule has 44 heavy (non-hydrogen) atoms. The number of carboxylic acid groups (broad SMARTS) is 1. The number of carbonyl (C=O) groups is 1. The topological polar surface area (TPSA) is 119 Å². The van der Waals surface area contributed by atoms with Crippen LogP contribution in [-0.4, -0.2) is 38.3 Å². The molecular formula is C33H24ClFN4O5. The number of rotatable bonds is 7. The van der Waals surface area contributed by atoms with Crippen LogP contribution < -0.4 is 9.47 Å². The molecule has 0 bridgehead atoms. The van der Waals surface area contributed by atoms with Crippen LogP contribution in [-0.2, 0) is 23.5 Å². The lowest BCUT2D eigenvalue weighted by molar-refractivity contribution is -0.0715. The van der Waals surface area contributed by atoms with Crippen molar-refractivity contribution in [2.45, 2.75) is 38.2 Å². The number of aromatic nitrogens is 3. The Morgan fingerprint density at radius 1 is 1.20 bits per heavy atom. The van der Waals surface area contributed by atoms with E-state index in [1.165, 1.54) is 18.3 Å². The molecule has 1 saturated heterocycles. The molecule has 9 nitrogen and oxygen atoms in total. The number of hydrogen-bond donors (Lipinski definition) is 1. The van der Waals surface area contributed by atoms with E-state index < -0.39 is 17.6 Å². The average Bonchev–Trinajstić information content (AvgIpc) is 3.52. The van der Waals surface area contributed by atoms with E-state index >= 15 is 4.39 Å². The van der Waals surface area contributed by atoms with Gasteiger partial charge in [0.15, 0.2) is 11.5 Å². The summed E-state index contributed by atoms with van der Waals surface area (Å²) in [7, 11) is 0. The maximum Gasteiger partial charge on any atom is 0.335 e. The summed E-state index contributed by atoms with van der Waals surface area (Å²) < 4.78 is 35.9. The molecule has 2 aromatic heterocycles. The summed E-state index contributed by atoms with van der Waals surface area (Å²) in [5, 5.41) is 20.1. The number of ether oxygens (including phenoxy) is 3. The zero-order valence-electron chi connectivity index (χ0n) is 23.4. The molecule has 2 aliphatic rings. The van der Waals surface area contributed by atoms with Gasteiger partial charge in [-0.15, -0.1) is 0 Å². The Balaban J connectivity index is 1.26. The van der Waals surface area contributed by atoms with Crippen LogP contribution in [0.2, 0.25) is 5.02 Å². The largest absolute Gasteiger partial charge is 0.478 e. The normalized spacial score (nSPS) is 18.6. The second-order valence-corrected chi connectivity index (χ2v) is 11.3. The van der Waals surface area contributed by atoms with Gasteiger partial charge in [-0.3, -0.25) is 4.98 Å². The number of imidazole rings is 1. The van der Waals surface area contributed by atoms with Crippen LogP contribution in [0.4, 0.5) is 4.39 Å². The fourth-order valence-corrected chi connectivity index (χ4v) is 5.72. The third-order valence-corrected chi connectivity index (χ3v) is 8.21. The minimum Gasteiger partial charge on any atom is -0.478 e. The van der Waals surface area contributed by atoms with Gasteiger partial charge >= 0.3 is 5.97 Å². The van der Waals surface area contributed by atoms with Crippen LogP contribution in [0, 0.1) is 17.1 Å². The van der Waals surface area contributed by atoms with Gasteiger partial charge in [0, 0.05) is 37.3 Å². The fraction of sp³-hybridized carbons (Fsp3) is 0.212. The van der Waals surface area contributed by atoms with Crippen LogP contribution in [0.5, 0.6) is 11.5 Å². The Morgan fingerprint density at radius 2 is 2.05 bits per heavy atom. The number of aromatic carboxylic acids is 1. The van der Waals surface area contributed by atoms with E-state index in [1.807, 2.05) is 4.57 Å². The van der Waals surface area contributed by atoms with Crippen LogP contribution in [0.1, 0.15) is 46.3 Å². The van der Waals surface area contributed by atoms with Crippen LogP contribution in [0.3, 0.4) is 0 Å². The number of halogens is 2. The number of nitriles is 1. The molecule has 0 aliphatic carbocycles. The molecule has 0 amide bonds. The number of fused-ring (bicyclic) bond motifs is 2. The van der Waals surface area contributed by atoms with E-state index in [0.717, 1.165) is 6.42 Å². The van der Waals surface area contributed by atoms with Gasteiger partial charge in [-0.25, -0.2) is 14.2 Å². The zero-order valence-corrected chi connectivity index (χ0v) is 24.1. The van der Waals surface area contributed by atoms with Crippen molar-refractivity contribution in [2.75, 3.05) is 6.61 Å². The van der Waals surface area contributed by atoms with Crippen molar-refractivity contribution in [1.82, 2.24) is 14.5 Å². The van der Waals surface area contributed by atoms with Crippen molar-refractivity contribution in [3.63, 3.8) is 0 Å². The number of para-hydroxylation sites is 1. The van der Waals surface area contributed by atoms with Crippen LogP contribution >= 0.6 is 11.6 Å². The van der Waals surface area contributed by atoms with Gasteiger partial charge in [0.1, 0.15) is 17.3 Å². The van der Waals surface area contributed by atoms with Gasteiger partial charge in [-0.1, -0.05) is 23.7 Å². The second-order valence-electron chi connectivity index (χ2n) is 10.8. The quantitative estimate of drug-likeness (QED) is 0.222. The number of carboxylic acids is 1. The summed E-state index contributed by atoms with van der Waals surface area (Å²) >= 11 is 6.01. The van der Waals surface area contributed by atoms with E-state index in [0.29, 0.717) is 63.4 Å². The van der Waals surface area contributed by atoms with Crippen molar-refractivity contribution >= 4 is 28.6 Å². The molecule has 0 spiro atoms. The monoisotopic (exact) mass is 610 g/mol. The molecule has 4 heterocycles. The van der Waals surface area contributed by atoms with Crippen molar-refractivity contribution < 1.29 is 28.5 Å². The second kappa shape index (κ2) is 10.6. The third kappa shape index (κ3) is 4.80. The molecule has 5 aromatic rings. The van der Waals surface area contributed by atoms with Gasteiger partial charge in [0.25, 0.3) is 5.79 Å². The molecule has 7 rings (SSSR count). The summed E-state index contributed by atoms with van der Waals surface area (Å²) in [5.74, 6) is -1.51. The molecule has 2 aliphatic heterocycles. The first kappa shape index (κ1) is 27.8. The fourth-order valence-electron chi connectivity index (χ4n) is 5.61. The molecule has 0 radical (unpaired) electrons. The minimum atomic E-state index is -1.23. The van der Waals surface area contributed by atoms with Gasteiger partial charge in [-0.2, -0.15) is 5.26 Å². The molecule has 1 N–H and O–H groups in total. The van der Waals surface area contributed by atoms with Crippen molar-refractivity contribution in [3.05, 3.63) is 106 Å². The summed E-state index contributed by atoms with van der Waals surface area (Å²) in [6, 6.07) is 18.5. The Labute approximate surface area is 256 Å². The van der Waals surface area contributed by atoms with Crippen molar-refractivity contribution in [1.29, 1.82) is 5.26 Å². The first-order chi connectivity index (χ1) is 21.2. The molecule has 0 saturated carbocycles. The van der Waals surface area contributed by atoms with Crippen LogP contribution in [0.15, 0.2) is 66.9 Å². The highest BCUT2D eigenvalue weighted by molar-refractivity contribution is 6.30. The SMILES string of the molecule is CC1(c2ccc(Cl)cn2)Oc2cccc(-c3cc(F)c(Cc4nc5ccc(C(=O)O)cc5n4C[C@@H]4CCO4)c(C#N)c3)c2O1. The first-order valence-electron chi connectivity index (χ1n) is 13.9. The molecule has 1 fully saturated rings. The van der Waals surface area contributed by atoms with E-state index in [-0.39, 0.29) is 29.2 Å². The Morgan fingerprint density at radius 3 is 2.75 bits per heavy atom. The van der Waals surface area contributed by atoms with Crippen molar-refractivity contribution in [3.8, 4) is 28.7 Å². The van der Waals surface area contributed by atoms with E-state index in [9.17, 15) is 15.2 Å². The van der Waals surface area contributed by atoms with Crippen molar-refractivity contribution in [2.24, 2.45) is 0 Å². The lowest BCUT2D eigenvalue weighted by Crippen LogP contribution is -2.32. The number of pyridine rings is 1. The lowest BCUT2D eigenvalue weighted by Gasteiger charge is -2.27. The number of benzene rings is 3. The summed E-state index contributed by atoms with van der Waals surface area (Å²) in [6.07, 6.45) is 2.32. The predicted molar refractivity (Wildman–Crippen MR) is 158 cm³/mol. The van der Waals surface area contributed by atoms with E-state index in [4.69, 9.17) is 30.8 Å². The number of nitrogens with zero attached hydrogens (tertiary/aromatic N) is 4. The highest BCUT2D eigenvalue weighted by atomic mass is 35.5. The molecular weight excluding hydrogens is 587 g/mol. The van der Waals surface area contributed by atoms with E-state index in [2.05, 4.69) is 11.1 Å². The van der Waals surface area contributed by atoms with Gasteiger partial charge < -0.3 is 23.9 Å². The molecule has 3 aromatic carbocycles. The Bertz CT molecular complexity index is 2000. The minimum absolute atomic E-state index is 0.0195. The molecule has 11 heteroatoms. The smallest absolute Gasteiger partial charge is 0.335 e. The molecule has 1 unspecified atom stereocenters. The molecule has 2 atom stereocenters. The number of hydrogen-bond acceptors (Lipinski definition) is 7. The summed E-state index contributed by atoms with van der Waals surface area (Å²) in [5.41, 5.74) is 3.14. The van der Waals surface area contributed by atoms with Gasteiger partial charge in [0.05, 0.1) is 45.9 Å². The standard InChI is InChI=1S/C33H24ClFN4O5/c1-33(29-8-6-21(34)16-37-29)43-28-4-2-3-23(31(28)44-33)19-11-20(15-36)24(25(35)12-19)14-30-38-26-7-5-18(32(40)41)13-27(26)39(30)17-22-9-10-42-22/h2-8,11-13,16,22H,9-10,14,17H2,1H3,(H,40,41)/t22-,33?/m0/s1. The maximum absolute atomic E-state index is 16.0. The van der Waals surface area contributed by atoms with Gasteiger partial charge in [0.2, 0.25) is 0 Å². The molecule has 220 valence electrons. The first-order valence-corrected chi connectivity index (χ1v) is 14.3. The third-order valence-electron chi connectivity index (χ3n) is 7.99. The lowest BCUT2D eigenvalue weighted by atomic mass is 9.96. The highest BCUT2D eigenvalue weighted by Gasteiger charge is 2.41. The zero-order chi connectivity index (χ0) is 30.6.